The van der Waals surface area contributed by atoms with Crippen molar-refractivity contribution < 1.29 is 14.7 Å². The Morgan fingerprint density at radius 3 is 2.93 bits per heavy atom. The maximum Gasteiger partial charge on any atom is 0.305 e. The highest BCUT2D eigenvalue weighted by atomic mass is 16.4. The van der Waals surface area contributed by atoms with Gasteiger partial charge in [0, 0.05) is 6.42 Å². The first-order valence-electron chi connectivity index (χ1n) is 5.46. The van der Waals surface area contributed by atoms with Crippen molar-refractivity contribution in [2.75, 3.05) is 0 Å². The lowest BCUT2D eigenvalue weighted by molar-refractivity contribution is -0.142. The number of carboxylic acid groups (broad SMARTS) is 1. The molecule has 2 bridgehead atoms. The van der Waals surface area contributed by atoms with Crippen LogP contribution in [0.25, 0.3) is 0 Å². The van der Waals surface area contributed by atoms with Crippen LogP contribution in [0.2, 0.25) is 0 Å². The second-order valence-corrected chi connectivity index (χ2v) is 5.42. The quantitative estimate of drug-likeness (QED) is 0.723. The summed E-state index contributed by atoms with van der Waals surface area (Å²) < 4.78 is 0. The zero-order valence-corrected chi connectivity index (χ0v) is 9.01. The van der Waals surface area contributed by atoms with Crippen LogP contribution in [0, 0.1) is 5.41 Å². The van der Waals surface area contributed by atoms with Gasteiger partial charge in [0.2, 0.25) is 5.91 Å². The van der Waals surface area contributed by atoms with Crippen molar-refractivity contribution in [1.82, 2.24) is 5.32 Å². The molecule has 1 aliphatic carbocycles. The number of carboxylic acids is 1. The van der Waals surface area contributed by atoms with E-state index in [1.54, 1.807) is 0 Å². The summed E-state index contributed by atoms with van der Waals surface area (Å²) in [6.07, 6.45) is 4.30. The average Bonchev–Trinajstić information content (AvgIpc) is 1.97. The summed E-state index contributed by atoms with van der Waals surface area (Å²) in [5, 5.41) is 11.8. The Bertz CT molecular complexity index is 311. The third-order valence-corrected chi connectivity index (χ3v) is 3.68. The summed E-state index contributed by atoms with van der Waals surface area (Å²) in [5.74, 6) is -0.800. The number of rotatable bonds is 2. The number of hydrogen-bond donors (Lipinski definition) is 2. The second kappa shape index (κ2) is 3.22. The molecule has 1 saturated carbocycles. The number of hydrogen-bond acceptors (Lipinski definition) is 2. The molecule has 84 valence electrons. The third-order valence-electron chi connectivity index (χ3n) is 3.68. The standard InChI is InChI=1S/C11H17NO3/c1-10-3-2-4-11(7-10,6-9(14)15)12-8(13)5-10/h2-7H2,1H3,(H,12,13)(H,14,15)/t10-,11-/m1/s1. The number of carbonyl (C=O) groups is 2. The average molecular weight is 211 g/mol. The van der Waals surface area contributed by atoms with Gasteiger partial charge in [-0.1, -0.05) is 13.3 Å². The van der Waals surface area contributed by atoms with Crippen molar-refractivity contribution >= 4 is 11.9 Å². The van der Waals surface area contributed by atoms with E-state index in [2.05, 4.69) is 12.2 Å². The molecule has 2 rings (SSSR count). The van der Waals surface area contributed by atoms with Gasteiger partial charge in [0.25, 0.3) is 0 Å². The molecule has 2 atom stereocenters. The fraction of sp³-hybridized carbons (Fsp3) is 0.818. The van der Waals surface area contributed by atoms with Crippen LogP contribution < -0.4 is 5.32 Å². The molecule has 0 aromatic carbocycles. The first kappa shape index (κ1) is 10.5. The Labute approximate surface area is 89.0 Å². The molecule has 0 aromatic rings. The molecule has 0 unspecified atom stereocenters. The Morgan fingerprint density at radius 2 is 2.27 bits per heavy atom. The zero-order valence-electron chi connectivity index (χ0n) is 9.01. The van der Waals surface area contributed by atoms with Crippen LogP contribution in [0.1, 0.15) is 45.4 Å². The molecule has 1 amide bonds. The summed E-state index contributed by atoms with van der Waals surface area (Å²) in [6, 6.07) is 0. The van der Waals surface area contributed by atoms with E-state index in [1.165, 1.54) is 0 Å². The molecule has 4 heteroatoms. The highest BCUT2D eigenvalue weighted by Crippen LogP contribution is 2.47. The number of amides is 1. The van der Waals surface area contributed by atoms with Crippen LogP contribution in [0.15, 0.2) is 0 Å². The van der Waals surface area contributed by atoms with E-state index in [0.29, 0.717) is 6.42 Å². The first-order valence-corrected chi connectivity index (χ1v) is 5.46. The number of nitrogens with one attached hydrogen (secondary N) is 1. The lowest BCUT2D eigenvalue weighted by atomic mass is 9.62. The maximum atomic E-state index is 11.6. The van der Waals surface area contributed by atoms with E-state index >= 15 is 0 Å². The summed E-state index contributed by atoms with van der Waals surface area (Å²) in [7, 11) is 0. The van der Waals surface area contributed by atoms with Crippen molar-refractivity contribution in [1.29, 1.82) is 0 Å². The predicted molar refractivity (Wildman–Crippen MR) is 54.3 cm³/mol. The van der Waals surface area contributed by atoms with Gasteiger partial charge in [0.1, 0.15) is 0 Å². The fourth-order valence-corrected chi connectivity index (χ4v) is 3.32. The largest absolute Gasteiger partial charge is 0.481 e. The smallest absolute Gasteiger partial charge is 0.305 e. The second-order valence-electron chi connectivity index (χ2n) is 5.42. The van der Waals surface area contributed by atoms with Gasteiger partial charge in [0.05, 0.1) is 12.0 Å². The van der Waals surface area contributed by atoms with Crippen molar-refractivity contribution in [2.24, 2.45) is 5.41 Å². The number of carbonyl (C=O) groups excluding carboxylic acids is 1. The van der Waals surface area contributed by atoms with Gasteiger partial charge < -0.3 is 10.4 Å². The van der Waals surface area contributed by atoms with Crippen molar-refractivity contribution in [3.8, 4) is 0 Å². The first-order chi connectivity index (χ1) is 6.93. The topological polar surface area (TPSA) is 66.4 Å². The molecule has 2 aliphatic rings. The minimum atomic E-state index is -0.818. The van der Waals surface area contributed by atoms with Gasteiger partial charge >= 0.3 is 5.97 Å². The molecule has 2 N–H and O–H groups in total. The van der Waals surface area contributed by atoms with E-state index in [1.807, 2.05) is 0 Å². The molecule has 4 nitrogen and oxygen atoms in total. The fourth-order valence-electron chi connectivity index (χ4n) is 3.32. The van der Waals surface area contributed by atoms with Crippen LogP contribution in [-0.2, 0) is 9.59 Å². The summed E-state index contributed by atoms with van der Waals surface area (Å²) in [4.78, 5) is 22.4. The highest BCUT2D eigenvalue weighted by molar-refractivity contribution is 5.80. The molecule has 0 aromatic heterocycles. The highest BCUT2D eigenvalue weighted by Gasteiger charge is 2.49. The lowest BCUT2D eigenvalue weighted by Crippen LogP contribution is -2.59. The molecule has 1 heterocycles. The number of piperidine rings is 1. The van der Waals surface area contributed by atoms with Gasteiger partial charge in [-0.25, -0.2) is 0 Å². The van der Waals surface area contributed by atoms with Gasteiger partial charge in [-0.05, 0) is 24.7 Å². The summed E-state index contributed by atoms with van der Waals surface area (Å²) in [6.45, 7) is 2.10. The maximum absolute atomic E-state index is 11.6. The number of aliphatic carboxylic acids is 1. The van der Waals surface area contributed by atoms with Gasteiger partial charge in [0.15, 0.2) is 0 Å². The molecule has 2 fully saturated rings. The predicted octanol–water partition coefficient (Wildman–Crippen LogP) is 1.30. The van der Waals surface area contributed by atoms with Gasteiger partial charge in [-0.3, -0.25) is 9.59 Å². The van der Waals surface area contributed by atoms with Crippen LogP contribution in [0.4, 0.5) is 0 Å². The summed E-state index contributed by atoms with van der Waals surface area (Å²) >= 11 is 0. The molecule has 15 heavy (non-hydrogen) atoms. The third kappa shape index (κ3) is 1.98. The zero-order chi connectivity index (χ0) is 11.1. The van der Waals surface area contributed by atoms with E-state index in [4.69, 9.17) is 5.11 Å². The molecule has 0 spiro atoms. The monoisotopic (exact) mass is 211 g/mol. The van der Waals surface area contributed by atoms with Gasteiger partial charge in [-0.2, -0.15) is 0 Å². The van der Waals surface area contributed by atoms with Gasteiger partial charge in [-0.15, -0.1) is 0 Å². The van der Waals surface area contributed by atoms with Crippen LogP contribution >= 0.6 is 0 Å². The summed E-state index contributed by atoms with van der Waals surface area (Å²) in [5.41, 5.74) is -0.440. The number of fused-ring (bicyclic) bond motifs is 2. The Balaban J connectivity index is 2.22. The molecule has 1 aliphatic heterocycles. The Hall–Kier alpha value is -1.06. The van der Waals surface area contributed by atoms with E-state index < -0.39 is 11.5 Å². The van der Waals surface area contributed by atoms with E-state index in [9.17, 15) is 9.59 Å². The van der Waals surface area contributed by atoms with Crippen molar-refractivity contribution in [3.63, 3.8) is 0 Å². The van der Waals surface area contributed by atoms with Crippen LogP contribution in [-0.4, -0.2) is 22.5 Å². The molecular weight excluding hydrogens is 194 g/mol. The van der Waals surface area contributed by atoms with Crippen molar-refractivity contribution in [2.45, 2.75) is 51.0 Å². The van der Waals surface area contributed by atoms with E-state index in [-0.39, 0.29) is 17.7 Å². The van der Waals surface area contributed by atoms with Crippen molar-refractivity contribution in [3.05, 3.63) is 0 Å². The lowest BCUT2D eigenvalue weighted by Gasteiger charge is -2.50. The minimum Gasteiger partial charge on any atom is -0.481 e. The van der Waals surface area contributed by atoms with Crippen LogP contribution in [0.3, 0.4) is 0 Å². The van der Waals surface area contributed by atoms with Crippen LogP contribution in [0.5, 0.6) is 0 Å². The Morgan fingerprint density at radius 1 is 1.53 bits per heavy atom. The minimum absolute atomic E-state index is 0.0182. The SMILES string of the molecule is C[C@]12CCC[C@@](CC(=O)O)(C1)NC(=O)C2. The Kier molecular flexibility index (Phi) is 2.24. The van der Waals surface area contributed by atoms with E-state index in [0.717, 1.165) is 25.7 Å². The normalized spacial score (nSPS) is 39.7. The molecule has 1 saturated heterocycles. The molecular formula is C11H17NO3. The molecule has 0 radical (unpaired) electrons.